The van der Waals surface area contributed by atoms with Crippen molar-refractivity contribution in [1.82, 2.24) is 5.32 Å². The van der Waals surface area contributed by atoms with Crippen LogP contribution in [0.4, 0.5) is 4.79 Å². The third-order valence-electron chi connectivity index (χ3n) is 2.12. The van der Waals surface area contributed by atoms with Gasteiger partial charge in [0.2, 0.25) is 0 Å². The average Bonchev–Trinajstić information content (AvgIpc) is 2.54. The van der Waals surface area contributed by atoms with E-state index in [0.717, 1.165) is 0 Å². The second kappa shape index (κ2) is 5.93. The van der Waals surface area contributed by atoms with E-state index in [1.165, 1.54) is 0 Å². The molecule has 0 spiro atoms. The van der Waals surface area contributed by atoms with Gasteiger partial charge in [0, 0.05) is 11.9 Å². The lowest BCUT2D eigenvalue weighted by atomic mass is 10.3. The topological polar surface area (TPSA) is 72.5 Å². The van der Waals surface area contributed by atoms with Gasteiger partial charge in [0.1, 0.15) is 6.61 Å². The molecule has 0 aromatic carbocycles. The van der Waals surface area contributed by atoms with Crippen molar-refractivity contribution in [3.63, 3.8) is 0 Å². The van der Waals surface area contributed by atoms with E-state index in [1.807, 2.05) is 0 Å². The van der Waals surface area contributed by atoms with Crippen LogP contribution in [0.2, 0.25) is 0 Å². The fourth-order valence-corrected chi connectivity index (χ4v) is 3.15. The van der Waals surface area contributed by atoms with Gasteiger partial charge in [-0.1, -0.05) is 0 Å². The molecule has 1 N–H and O–H groups in total. The van der Waals surface area contributed by atoms with Crippen LogP contribution in [0.5, 0.6) is 0 Å². The van der Waals surface area contributed by atoms with Gasteiger partial charge in [0.05, 0.1) is 16.9 Å². The maximum Gasteiger partial charge on any atom is 0.407 e. The molecule has 1 rings (SSSR count). The minimum Gasteiger partial charge on any atom is -0.448 e. The summed E-state index contributed by atoms with van der Waals surface area (Å²) in [6.45, 7) is 0.0103. The molecule has 8 heteroatoms. The Balaban J connectivity index is 2.25. The molecule has 1 aliphatic rings. The van der Waals surface area contributed by atoms with Crippen molar-refractivity contribution < 1.29 is 17.9 Å². The third kappa shape index (κ3) is 4.76. The summed E-state index contributed by atoms with van der Waals surface area (Å²) in [4.78, 5) is 11.2. The molecule has 94 valence electrons. The lowest BCUT2D eigenvalue weighted by Crippen LogP contribution is -2.37. The standard InChI is InChI=1S/C8H13Cl2NO4S/c9-3-6(10)4-15-8(12)11-7-1-2-16(13,14)5-7/h6-7H,1-5H2,(H,11,12)/t6-,7-/m0/s1. The number of hydrogen-bond donors (Lipinski definition) is 1. The number of amides is 1. The van der Waals surface area contributed by atoms with E-state index in [0.29, 0.717) is 6.42 Å². The van der Waals surface area contributed by atoms with Gasteiger partial charge in [-0.05, 0) is 6.42 Å². The van der Waals surface area contributed by atoms with Crippen LogP contribution in [0.1, 0.15) is 6.42 Å². The van der Waals surface area contributed by atoms with Gasteiger partial charge >= 0.3 is 6.09 Å². The smallest absolute Gasteiger partial charge is 0.407 e. The fraction of sp³-hybridized carbons (Fsp3) is 0.875. The first-order valence-corrected chi connectivity index (χ1v) is 7.56. The van der Waals surface area contributed by atoms with Crippen molar-refractivity contribution in [2.24, 2.45) is 0 Å². The highest BCUT2D eigenvalue weighted by atomic mass is 35.5. The van der Waals surface area contributed by atoms with Crippen molar-refractivity contribution in [2.45, 2.75) is 17.8 Å². The zero-order valence-corrected chi connectivity index (χ0v) is 10.8. The van der Waals surface area contributed by atoms with Crippen molar-refractivity contribution >= 4 is 39.1 Å². The molecule has 1 saturated heterocycles. The second-order valence-electron chi connectivity index (χ2n) is 3.59. The number of nitrogens with one attached hydrogen (secondary N) is 1. The number of ether oxygens (including phenoxy) is 1. The van der Waals surface area contributed by atoms with Crippen molar-refractivity contribution in [3.05, 3.63) is 0 Å². The molecule has 2 atom stereocenters. The van der Waals surface area contributed by atoms with Crippen molar-refractivity contribution in [3.8, 4) is 0 Å². The van der Waals surface area contributed by atoms with E-state index in [-0.39, 0.29) is 30.0 Å². The van der Waals surface area contributed by atoms with Crippen molar-refractivity contribution in [2.75, 3.05) is 24.0 Å². The Morgan fingerprint density at radius 3 is 2.75 bits per heavy atom. The first-order chi connectivity index (χ1) is 7.43. The SMILES string of the molecule is O=C(N[C@H]1CCS(=O)(=O)C1)OC[C@@H](Cl)CCl. The van der Waals surface area contributed by atoms with Gasteiger partial charge in [-0.2, -0.15) is 0 Å². The Kier molecular flexibility index (Phi) is 5.14. The molecule has 0 bridgehead atoms. The molecule has 1 heterocycles. The van der Waals surface area contributed by atoms with Gasteiger partial charge in [-0.15, -0.1) is 23.2 Å². The normalized spacial score (nSPS) is 25.0. The minimum atomic E-state index is -2.99. The first-order valence-electron chi connectivity index (χ1n) is 4.76. The zero-order valence-electron chi connectivity index (χ0n) is 8.49. The number of alkyl halides is 2. The highest BCUT2D eigenvalue weighted by Crippen LogP contribution is 2.11. The second-order valence-corrected chi connectivity index (χ2v) is 6.75. The predicted octanol–water partition coefficient (Wildman–Crippen LogP) is 0.746. The number of halogens is 2. The number of rotatable bonds is 4. The monoisotopic (exact) mass is 289 g/mol. The summed E-state index contributed by atoms with van der Waals surface area (Å²) in [5.74, 6) is 0.270. The number of alkyl carbamates (subject to hydrolysis) is 1. The molecular formula is C8H13Cl2NO4S. The number of hydrogen-bond acceptors (Lipinski definition) is 4. The number of carbonyl (C=O) groups is 1. The van der Waals surface area contributed by atoms with E-state index < -0.39 is 21.3 Å². The summed E-state index contributed by atoms with van der Waals surface area (Å²) in [5.41, 5.74) is 0. The molecule has 5 nitrogen and oxygen atoms in total. The first kappa shape index (κ1) is 13.9. The minimum absolute atomic E-state index is 0.0103. The molecule has 1 fully saturated rings. The lowest BCUT2D eigenvalue weighted by molar-refractivity contribution is 0.144. The van der Waals surface area contributed by atoms with Gasteiger partial charge in [0.25, 0.3) is 0 Å². The number of carbonyl (C=O) groups excluding carboxylic acids is 1. The summed E-state index contributed by atoms with van der Waals surface area (Å²) in [6, 6.07) is -0.359. The van der Waals surface area contributed by atoms with Gasteiger partial charge in [-0.3, -0.25) is 0 Å². The maximum absolute atomic E-state index is 11.2. The molecule has 1 aliphatic heterocycles. The van der Waals surface area contributed by atoms with E-state index in [9.17, 15) is 13.2 Å². The quantitative estimate of drug-likeness (QED) is 0.775. The van der Waals surface area contributed by atoms with Gasteiger partial charge in [0.15, 0.2) is 9.84 Å². The fourth-order valence-electron chi connectivity index (χ4n) is 1.33. The molecule has 0 saturated carbocycles. The maximum atomic E-state index is 11.2. The zero-order chi connectivity index (χ0) is 12.2. The Bertz CT molecular complexity index is 346. The van der Waals surface area contributed by atoms with Crippen molar-refractivity contribution in [1.29, 1.82) is 0 Å². The van der Waals surface area contributed by atoms with Crippen LogP contribution in [0.15, 0.2) is 0 Å². The number of sulfone groups is 1. The molecule has 0 aromatic rings. The van der Waals surface area contributed by atoms with Crippen LogP contribution < -0.4 is 5.32 Å². The molecule has 16 heavy (non-hydrogen) atoms. The van der Waals surface area contributed by atoms with Crippen LogP contribution in [0.3, 0.4) is 0 Å². The summed E-state index contributed by atoms with van der Waals surface area (Å²) in [5, 5.41) is 2.04. The van der Waals surface area contributed by atoms with E-state index >= 15 is 0 Å². The largest absolute Gasteiger partial charge is 0.448 e. The Morgan fingerprint density at radius 1 is 1.56 bits per heavy atom. The Labute approximate surface area is 104 Å². The van der Waals surface area contributed by atoms with Crippen LogP contribution in [0, 0.1) is 0 Å². The summed E-state index contributed by atoms with van der Waals surface area (Å²) >= 11 is 11.1. The lowest BCUT2D eigenvalue weighted by Gasteiger charge is -2.12. The van der Waals surface area contributed by atoms with E-state index in [2.05, 4.69) is 5.32 Å². The Morgan fingerprint density at radius 2 is 2.25 bits per heavy atom. The Hall–Kier alpha value is -0.200. The highest BCUT2D eigenvalue weighted by Gasteiger charge is 2.29. The molecule has 1 amide bonds. The average molecular weight is 290 g/mol. The molecule has 0 unspecified atom stereocenters. The summed E-state index contributed by atoms with van der Waals surface area (Å²) in [7, 11) is -2.99. The van der Waals surface area contributed by atoms with Crippen LogP contribution >= 0.6 is 23.2 Å². The van der Waals surface area contributed by atoms with Crippen LogP contribution in [0.25, 0.3) is 0 Å². The molecule has 0 radical (unpaired) electrons. The predicted molar refractivity (Wildman–Crippen MR) is 61.9 cm³/mol. The van der Waals surface area contributed by atoms with Crippen LogP contribution in [-0.2, 0) is 14.6 Å². The van der Waals surface area contributed by atoms with E-state index in [1.54, 1.807) is 0 Å². The molecule has 0 aromatic heterocycles. The van der Waals surface area contributed by atoms with Crippen LogP contribution in [-0.4, -0.2) is 49.9 Å². The third-order valence-corrected chi connectivity index (χ3v) is 4.70. The molecule has 0 aliphatic carbocycles. The van der Waals surface area contributed by atoms with E-state index in [4.69, 9.17) is 27.9 Å². The summed E-state index contributed by atoms with van der Waals surface area (Å²) < 4.78 is 27.0. The van der Waals surface area contributed by atoms with Gasteiger partial charge < -0.3 is 10.1 Å². The molecular weight excluding hydrogens is 277 g/mol. The summed E-state index contributed by atoms with van der Waals surface area (Å²) in [6.07, 6.45) is -0.227. The highest BCUT2D eigenvalue weighted by molar-refractivity contribution is 7.91. The van der Waals surface area contributed by atoms with Gasteiger partial charge in [-0.25, -0.2) is 13.2 Å².